The largest absolute Gasteiger partial charge is 0.573 e. The number of alkyl halides is 3. The second kappa shape index (κ2) is 10.3. The molecule has 0 fully saturated rings. The van der Waals surface area contributed by atoms with E-state index in [0.29, 0.717) is 5.56 Å². The van der Waals surface area contributed by atoms with E-state index in [4.69, 9.17) is 27.9 Å². The van der Waals surface area contributed by atoms with Crippen LogP contribution in [0.25, 0.3) is 11.1 Å². The molecule has 0 aliphatic heterocycles. The van der Waals surface area contributed by atoms with Crippen LogP contribution in [-0.2, 0) is 27.8 Å². The number of halogens is 5. The average molecular weight is 519 g/mol. The third-order valence-corrected chi connectivity index (χ3v) is 7.03. The van der Waals surface area contributed by atoms with Crippen LogP contribution >= 0.6 is 23.2 Å². The van der Waals surface area contributed by atoms with E-state index in [-0.39, 0.29) is 45.0 Å². The van der Waals surface area contributed by atoms with E-state index in [1.54, 1.807) is 37.3 Å². The van der Waals surface area contributed by atoms with Crippen LogP contribution < -0.4 is 4.74 Å². The molecule has 0 unspecified atom stereocenters. The zero-order valence-electron chi connectivity index (χ0n) is 17.3. The van der Waals surface area contributed by atoms with Gasteiger partial charge in [-0.05, 0) is 41.5 Å². The van der Waals surface area contributed by atoms with E-state index in [1.807, 2.05) is 0 Å². The predicted molar refractivity (Wildman–Crippen MR) is 121 cm³/mol. The van der Waals surface area contributed by atoms with E-state index in [0.717, 1.165) is 5.56 Å². The standard InChI is InChI=1S/C23H19Cl2F3O4S/c1-2-33(29,30)17-9-7-15(8-10-17)13-31-14-16-11-19(24)22(20(25)12-16)18-5-3-4-6-21(18)32-23(26,27)28/h3-12H,2,13-14H2,1H3. The van der Waals surface area contributed by atoms with Crippen LogP contribution in [0.15, 0.2) is 65.6 Å². The first-order valence-electron chi connectivity index (χ1n) is 9.72. The van der Waals surface area contributed by atoms with Crippen LogP contribution in [0.4, 0.5) is 13.2 Å². The number of para-hydroxylation sites is 1. The second-order valence-corrected chi connectivity index (χ2v) is 10.1. The van der Waals surface area contributed by atoms with E-state index < -0.39 is 21.9 Å². The van der Waals surface area contributed by atoms with Crippen molar-refractivity contribution in [2.24, 2.45) is 0 Å². The summed E-state index contributed by atoms with van der Waals surface area (Å²) in [6.07, 6.45) is -4.86. The van der Waals surface area contributed by atoms with Crippen molar-refractivity contribution in [2.75, 3.05) is 5.75 Å². The van der Waals surface area contributed by atoms with Crippen molar-refractivity contribution >= 4 is 33.0 Å². The van der Waals surface area contributed by atoms with Crippen LogP contribution in [0.5, 0.6) is 5.75 Å². The van der Waals surface area contributed by atoms with Crippen molar-refractivity contribution in [3.8, 4) is 16.9 Å². The zero-order chi connectivity index (χ0) is 24.2. The van der Waals surface area contributed by atoms with E-state index >= 15 is 0 Å². The minimum absolute atomic E-state index is 0.0210. The van der Waals surface area contributed by atoms with Gasteiger partial charge in [0.2, 0.25) is 0 Å². The van der Waals surface area contributed by atoms with E-state index in [1.165, 1.54) is 30.3 Å². The molecule has 0 atom stereocenters. The quantitative estimate of drug-likeness (QED) is 0.320. The zero-order valence-corrected chi connectivity index (χ0v) is 19.7. The van der Waals surface area contributed by atoms with Gasteiger partial charge in [0, 0.05) is 11.1 Å². The summed E-state index contributed by atoms with van der Waals surface area (Å²) < 4.78 is 71.7. The lowest BCUT2D eigenvalue weighted by molar-refractivity contribution is -0.274. The molecule has 3 rings (SSSR count). The van der Waals surface area contributed by atoms with Gasteiger partial charge < -0.3 is 9.47 Å². The fourth-order valence-corrected chi connectivity index (χ4v) is 4.72. The van der Waals surface area contributed by atoms with Crippen LogP contribution in [0.2, 0.25) is 10.0 Å². The van der Waals surface area contributed by atoms with Gasteiger partial charge >= 0.3 is 6.36 Å². The highest BCUT2D eigenvalue weighted by molar-refractivity contribution is 7.91. The number of benzene rings is 3. The van der Waals surface area contributed by atoms with E-state index in [9.17, 15) is 21.6 Å². The smallest absolute Gasteiger partial charge is 0.405 e. The lowest BCUT2D eigenvalue weighted by atomic mass is 10.0. The number of sulfone groups is 1. The molecular weight excluding hydrogens is 500 g/mol. The molecule has 33 heavy (non-hydrogen) atoms. The molecule has 0 aromatic heterocycles. The molecule has 0 bridgehead atoms. The highest BCUT2D eigenvalue weighted by Crippen LogP contribution is 2.42. The molecule has 0 spiro atoms. The number of rotatable bonds is 8. The van der Waals surface area contributed by atoms with Gasteiger partial charge in [-0.25, -0.2) is 8.42 Å². The molecule has 0 aliphatic rings. The SMILES string of the molecule is CCS(=O)(=O)c1ccc(COCc2cc(Cl)c(-c3ccccc3OC(F)(F)F)c(Cl)c2)cc1. The third kappa shape index (κ3) is 6.63. The van der Waals surface area contributed by atoms with Crippen LogP contribution in [0.1, 0.15) is 18.1 Å². The third-order valence-electron chi connectivity index (χ3n) is 4.68. The predicted octanol–water partition coefficient (Wildman–Crippen LogP) is 7.07. The molecule has 0 saturated carbocycles. The summed E-state index contributed by atoms with van der Waals surface area (Å²) in [4.78, 5) is 0.248. The monoisotopic (exact) mass is 518 g/mol. The van der Waals surface area contributed by atoms with Gasteiger partial charge in [-0.2, -0.15) is 0 Å². The van der Waals surface area contributed by atoms with Gasteiger partial charge in [0.05, 0.1) is 33.9 Å². The normalized spacial score (nSPS) is 12.1. The lowest BCUT2D eigenvalue weighted by Crippen LogP contribution is -2.17. The molecule has 4 nitrogen and oxygen atoms in total. The first-order chi connectivity index (χ1) is 15.5. The Morgan fingerprint density at radius 1 is 0.879 bits per heavy atom. The topological polar surface area (TPSA) is 52.6 Å². The first kappa shape index (κ1) is 25.4. The fourth-order valence-electron chi connectivity index (χ4n) is 3.10. The summed E-state index contributed by atoms with van der Waals surface area (Å²) in [7, 11) is -3.27. The Hall–Kier alpha value is -2.26. The Bertz CT molecular complexity index is 1200. The Balaban J connectivity index is 1.73. The maximum absolute atomic E-state index is 12.7. The van der Waals surface area contributed by atoms with Gasteiger partial charge in [-0.15, -0.1) is 13.2 Å². The maximum Gasteiger partial charge on any atom is 0.573 e. The van der Waals surface area contributed by atoms with Crippen molar-refractivity contribution in [1.82, 2.24) is 0 Å². The summed E-state index contributed by atoms with van der Waals surface area (Å²) in [6, 6.07) is 15.1. The van der Waals surface area contributed by atoms with Gasteiger partial charge in [0.15, 0.2) is 9.84 Å². The summed E-state index contributed by atoms with van der Waals surface area (Å²) in [5.41, 5.74) is 1.72. The Kier molecular flexibility index (Phi) is 7.95. The Morgan fingerprint density at radius 2 is 1.45 bits per heavy atom. The fraction of sp³-hybridized carbons (Fsp3) is 0.217. The molecule has 0 radical (unpaired) electrons. The molecule has 3 aromatic rings. The molecule has 0 heterocycles. The minimum atomic E-state index is -4.86. The number of hydrogen-bond donors (Lipinski definition) is 0. The molecular formula is C23H19Cl2F3O4S. The second-order valence-electron chi connectivity index (χ2n) is 7.02. The molecule has 0 saturated heterocycles. The highest BCUT2D eigenvalue weighted by atomic mass is 35.5. The van der Waals surface area contributed by atoms with Gasteiger partial charge in [-0.1, -0.05) is 60.5 Å². The molecule has 0 amide bonds. The van der Waals surface area contributed by atoms with Crippen LogP contribution in [0, 0.1) is 0 Å². The average Bonchev–Trinajstić information content (AvgIpc) is 2.74. The lowest BCUT2D eigenvalue weighted by Gasteiger charge is -2.16. The van der Waals surface area contributed by atoms with Crippen molar-refractivity contribution < 1.29 is 31.1 Å². The summed E-state index contributed by atoms with van der Waals surface area (Å²) in [6.45, 7) is 1.93. The summed E-state index contributed by atoms with van der Waals surface area (Å²) >= 11 is 12.7. The highest BCUT2D eigenvalue weighted by Gasteiger charge is 2.32. The molecule has 10 heteroatoms. The molecule has 0 N–H and O–H groups in total. The molecule has 3 aromatic carbocycles. The Morgan fingerprint density at radius 3 is 2.03 bits per heavy atom. The van der Waals surface area contributed by atoms with Crippen molar-refractivity contribution in [1.29, 1.82) is 0 Å². The van der Waals surface area contributed by atoms with Gasteiger partial charge in [-0.3, -0.25) is 0 Å². The summed E-state index contributed by atoms with van der Waals surface area (Å²) in [5.74, 6) is -0.390. The minimum Gasteiger partial charge on any atom is -0.405 e. The van der Waals surface area contributed by atoms with E-state index in [2.05, 4.69) is 4.74 Å². The van der Waals surface area contributed by atoms with Crippen molar-refractivity contribution in [2.45, 2.75) is 31.4 Å². The molecule has 0 aliphatic carbocycles. The maximum atomic E-state index is 12.7. The summed E-state index contributed by atoms with van der Waals surface area (Å²) in [5, 5.41) is 0.293. The van der Waals surface area contributed by atoms with Crippen LogP contribution in [0.3, 0.4) is 0 Å². The first-order valence-corrected chi connectivity index (χ1v) is 12.1. The van der Waals surface area contributed by atoms with Crippen molar-refractivity contribution in [3.05, 3.63) is 81.8 Å². The van der Waals surface area contributed by atoms with Crippen LogP contribution in [-0.4, -0.2) is 20.5 Å². The van der Waals surface area contributed by atoms with Gasteiger partial charge in [0.25, 0.3) is 0 Å². The molecule has 176 valence electrons. The number of hydrogen-bond acceptors (Lipinski definition) is 4. The van der Waals surface area contributed by atoms with Gasteiger partial charge in [0.1, 0.15) is 5.75 Å². The van der Waals surface area contributed by atoms with Crippen molar-refractivity contribution in [3.63, 3.8) is 0 Å². The Labute approximate surface area is 199 Å². The number of ether oxygens (including phenoxy) is 2.